The summed E-state index contributed by atoms with van der Waals surface area (Å²) in [5.74, 6) is 0.639. The molecule has 2 amide bonds. The van der Waals surface area contributed by atoms with Crippen molar-refractivity contribution in [3.8, 4) is 5.75 Å². The van der Waals surface area contributed by atoms with E-state index in [0.29, 0.717) is 60.4 Å². The van der Waals surface area contributed by atoms with Gasteiger partial charge in [-0.1, -0.05) is 29.1 Å². The van der Waals surface area contributed by atoms with Gasteiger partial charge in [-0.2, -0.15) is 0 Å². The Kier molecular flexibility index (Phi) is 11.0. The molecule has 0 radical (unpaired) electrons. The number of amides is 2. The zero-order chi connectivity index (χ0) is 31.7. The second-order valence-electron chi connectivity index (χ2n) is 11.2. The highest BCUT2D eigenvalue weighted by Crippen LogP contribution is 2.43. The van der Waals surface area contributed by atoms with Crippen LogP contribution in [0.4, 0.5) is 10.3 Å². The van der Waals surface area contributed by atoms with E-state index in [1.165, 1.54) is 22.7 Å². The van der Waals surface area contributed by atoms with Crippen LogP contribution >= 0.6 is 22.7 Å². The molecule has 2 saturated heterocycles. The second-order valence-corrected chi connectivity index (χ2v) is 13.3. The number of pyridine rings is 1. The van der Waals surface area contributed by atoms with Crippen molar-refractivity contribution in [2.24, 2.45) is 4.99 Å². The van der Waals surface area contributed by atoms with Gasteiger partial charge in [0, 0.05) is 36.0 Å². The maximum Gasteiger partial charge on any atom is 0.232 e. The predicted molar refractivity (Wildman–Crippen MR) is 172 cm³/mol. The van der Waals surface area contributed by atoms with Crippen LogP contribution in [0, 0.1) is 0 Å². The molecule has 3 aliphatic rings. The Labute approximate surface area is 274 Å². The molecule has 3 fully saturated rings. The molecule has 244 valence electrons. The van der Waals surface area contributed by atoms with E-state index >= 15 is 0 Å². The molecule has 14 nitrogen and oxygen atoms in total. The maximum absolute atomic E-state index is 12.7. The fourth-order valence-corrected chi connectivity index (χ4v) is 7.04. The second kappa shape index (κ2) is 15.7. The third-order valence-corrected chi connectivity index (χ3v) is 9.68. The van der Waals surface area contributed by atoms with Crippen LogP contribution in [0.1, 0.15) is 66.6 Å². The summed E-state index contributed by atoms with van der Waals surface area (Å²) in [6, 6.07) is 3.55. The van der Waals surface area contributed by atoms with Crippen molar-refractivity contribution in [1.29, 1.82) is 0 Å². The largest absolute Gasteiger partial charge is 0.485 e. The molecule has 0 spiro atoms. The van der Waals surface area contributed by atoms with Gasteiger partial charge >= 0.3 is 0 Å². The summed E-state index contributed by atoms with van der Waals surface area (Å²) >= 11 is 2.80. The number of nitrogens with zero attached hydrogens (tertiary/aromatic N) is 6. The molecule has 46 heavy (non-hydrogen) atoms. The highest BCUT2D eigenvalue weighted by Gasteiger charge is 2.30. The average Bonchev–Trinajstić information content (AvgIpc) is 3.66. The normalized spacial score (nSPS) is 20.7. The van der Waals surface area contributed by atoms with Crippen LogP contribution in [-0.2, 0) is 30.2 Å². The number of aromatic nitrogens is 5. The first kappa shape index (κ1) is 32.2. The molecule has 0 bridgehead atoms. The number of nitrogens with one attached hydrogen (secondary N) is 2. The molecule has 1 aliphatic carbocycles. The maximum atomic E-state index is 12.7. The number of ether oxygens (including phenoxy) is 4. The summed E-state index contributed by atoms with van der Waals surface area (Å²) in [7, 11) is 0. The molecular weight excluding hydrogens is 633 g/mol. The van der Waals surface area contributed by atoms with Gasteiger partial charge in [-0.3, -0.25) is 19.6 Å². The zero-order valence-corrected chi connectivity index (χ0v) is 27.1. The average molecular weight is 669 g/mol. The van der Waals surface area contributed by atoms with E-state index in [1.807, 2.05) is 13.0 Å². The summed E-state index contributed by atoms with van der Waals surface area (Å²) in [5.41, 5.74) is 1.24. The summed E-state index contributed by atoms with van der Waals surface area (Å²) in [5, 5.41) is 25.7. The minimum absolute atomic E-state index is 0.0453. The van der Waals surface area contributed by atoms with Crippen molar-refractivity contribution in [3.63, 3.8) is 0 Å². The molecular formula is C30H36N8O6S2. The van der Waals surface area contributed by atoms with Crippen LogP contribution in [0.3, 0.4) is 0 Å². The number of hydrogen-bond donors (Lipinski definition) is 2. The molecule has 1 saturated carbocycles. The van der Waals surface area contributed by atoms with Gasteiger partial charge in [0.1, 0.15) is 28.0 Å². The van der Waals surface area contributed by atoms with Crippen LogP contribution < -0.4 is 15.4 Å². The monoisotopic (exact) mass is 668 g/mol. The van der Waals surface area contributed by atoms with E-state index in [4.69, 9.17) is 18.9 Å². The minimum atomic E-state index is -0.217. The Morgan fingerprint density at radius 3 is 2.28 bits per heavy atom. The Hall–Kier alpha value is -3.70. The van der Waals surface area contributed by atoms with Gasteiger partial charge in [-0.15, -0.1) is 20.4 Å². The summed E-state index contributed by atoms with van der Waals surface area (Å²) in [4.78, 5) is 34.0. The Morgan fingerprint density at radius 1 is 0.978 bits per heavy atom. The quantitative estimate of drug-likeness (QED) is 0.239. The number of carbonyl (C=O) groups excluding carboxylic acids is 2. The SMILES string of the molecule is C/C=N\C(=C/COC1COC1)CC(=O)Nc1nnc([C@H]2CCC[C@H](c3nnc(NC(=O)Cc4cc(OC5COC5)ccn4)s3)C2)s1. The van der Waals surface area contributed by atoms with E-state index in [2.05, 4.69) is 41.0 Å². The third-order valence-electron chi connectivity index (χ3n) is 7.68. The van der Waals surface area contributed by atoms with Gasteiger partial charge in [0.15, 0.2) is 0 Å². The van der Waals surface area contributed by atoms with Crippen LogP contribution in [0.5, 0.6) is 5.75 Å². The molecule has 3 aromatic heterocycles. The molecule has 2 aliphatic heterocycles. The summed E-state index contributed by atoms with van der Waals surface area (Å²) in [6.45, 7) is 4.53. The standard InChI is InChI=1S/C30H36N8O6S2/c1-2-31-20(7-9-43-23-14-41-15-23)12-25(39)33-29-37-35-27(45-29)18-4-3-5-19(10-18)28-36-38-30(46-28)34-26(40)13-21-11-22(6-8-32-21)44-24-16-42-17-24/h2,6-8,11,18-19,23-24H,3-5,9-10,12-17H2,1H3,(H,33,37,39)(H,34,38,40)/b20-7-,31-2-/t18-,19-/m0/s1. The van der Waals surface area contributed by atoms with E-state index < -0.39 is 0 Å². The van der Waals surface area contributed by atoms with Crippen molar-refractivity contribution in [2.75, 3.05) is 43.7 Å². The van der Waals surface area contributed by atoms with Crippen LogP contribution in [-0.4, -0.2) is 88.7 Å². The van der Waals surface area contributed by atoms with Gasteiger partial charge in [0.25, 0.3) is 0 Å². The molecule has 3 aromatic rings. The lowest BCUT2D eigenvalue weighted by molar-refractivity contribution is -0.123. The van der Waals surface area contributed by atoms with Crippen molar-refractivity contribution < 1.29 is 28.5 Å². The van der Waals surface area contributed by atoms with Gasteiger partial charge in [0.05, 0.1) is 51.6 Å². The highest BCUT2D eigenvalue weighted by atomic mass is 32.1. The van der Waals surface area contributed by atoms with Crippen molar-refractivity contribution in [1.82, 2.24) is 25.4 Å². The lowest BCUT2D eigenvalue weighted by atomic mass is 9.82. The molecule has 16 heteroatoms. The fraction of sp³-hybridized carbons (Fsp3) is 0.533. The first-order valence-corrected chi connectivity index (χ1v) is 17.0. The van der Waals surface area contributed by atoms with Crippen molar-refractivity contribution in [3.05, 3.63) is 45.8 Å². The van der Waals surface area contributed by atoms with Gasteiger partial charge < -0.3 is 29.6 Å². The van der Waals surface area contributed by atoms with Crippen molar-refractivity contribution in [2.45, 2.75) is 69.5 Å². The zero-order valence-electron chi connectivity index (χ0n) is 25.4. The van der Waals surface area contributed by atoms with E-state index in [9.17, 15) is 9.59 Å². The van der Waals surface area contributed by atoms with Crippen LogP contribution in [0.15, 0.2) is 35.1 Å². The number of rotatable bonds is 14. The minimum Gasteiger partial charge on any atom is -0.485 e. The first-order chi connectivity index (χ1) is 22.5. The Bertz CT molecular complexity index is 1550. The molecule has 5 heterocycles. The van der Waals surface area contributed by atoms with E-state index in [1.54, 1.807) is 24.5 Å². The Balaban J connectivity index is 0.979. The van der Waals surface area contributed by atoms with E-state index in [0.717, 1.165) is 35.7 Å². The first-order valence-electron chi connectivity index (χ1n) is 15.3. The molecule has 2 atom stereocenters. The molecule has 0 unspecified atom stereocenters. The highest BCUT2D eigenvalue weighted by molar-refractivity contribution is 7.15. The van der Waals surface area contributed by atoms with Crippen LogP contribution in [0.25, 0.3) is 0 Å². The lowest BCUT2D eigenvalue weighted by Crippen LogP contribution is -2.38. The summed E-state index contributed by atoms with van der Waals surface area (Å²) in [6.07, 6.45) is 9.28. The smallest absolute Gasteiger partial charge is 0.232 e. The van der Waals surface area contributed by atoms with Gasteiger partial charge in [-0.25, -0.2) is 0 Å². The fourth-order valence-electron chi connectivity index (χ4n) is 5.22. The lowest BCUT2D eigenvalue weighted by Gasteiger charge is -2.26. The van der Waals surface area contributed by atoms with Crippen LogP contribution in [0.2, 0.25) is 0 Å². The Morgan fingerprint density at radius 2 is 1.65 bits per heavy atom. The van der Waals surface area contributed by atoms with E-state index in [-0.39, 0.29) is 48.7 Å². The number of anilines is 2. The number of carbonyl (C=O) groups is 2. The number of hydrogen-bond acceptors (Lipinski definition) is 14. The molecule has 2 N–H and O–H groups in total. The van der Waals surface area contributed by atoms with Gasteiger partial charge in [0.2, 0.25) is 22.1 Å². The topological polar surface area (TPSA) is 172 Å². The van der Waals surface area contributed by atoms with Gasteiger partial charge in [-0.05, 0) is 38.3 Å². The molecule has 6 rings (SSSR count). The third kappa shape index (κ3) is 8.97. The molecule has 0 aromatic carbocycles. The number of aliphatic imine (C=N–C) groups is 1. The summed E-state index contributed by atoms with van der Waals surface area (Å²) < 4.78 is 21.7. The van der Waals surface area contributed by atoms with Crippen molar-refractivity contribution >= 4 is 51.0 Å². The predicted octanol–water partition coefficient (Wildman–Crippen LogP) is 3.90.